The minimum atomic E-state index is 0.200. The first kappa shape index (κ1) is 13.6. The number of pyridine rings is 1. The fraction of sp³-hybridized carbons (Fsp3) is 0.312. The predicted molar refractivity (Wildman–Crippen MR) is 81.0 cm³/mol. The molecule has 0 radical (unpaired) electrons. The van der Waals surface area contributed by atoms with E-state index < -0.39 is 0 Å². The van der Waals surface area contributed by atoms with Crippen LogP contribution in [0.15, 0.2) is 36.4 Å². The van der Waals surface area contributed by atoms with Crippen molar-refractivity contribution in [1.29, 1.82) is 0 Å². The molecule has 0 amide bonds. The Kier molecular flexibility index (Phi) is 4.01. The summed E-state index contributed by atoms with van der Waals surface area (Å²) < 4.78 is 5.52. The molecule has 0 aliphatic carbocycles. The van der Waals surface area contributed by atoms with Gasteiger partial charge in [0, 0.05) is 22.8 Å². The Hall–Kier alpha value is -1.42. The molecule has 104 valence electrons. The van der Waals surface area contributed by atoms with Gasteiger partial charge >= 0.3 is 0 Å². The summed E-state index contributed by atoms with van der Waals surface area (Å²) in [5.41, 5.74) is 4.15. The molecule has 0 spiro atoms. The van der Waals surface area contributed by atoms with E-state index in [0.29, 0.717) is 6.61 Å². The number of benzene rings is 1. The third-order valence-corrected chi connectivity index (χ3v) is 3.65. The highest BCUT2D eigenvalue weighted by Crippen LogP contribution is 2.27. The van der Waals surface area contributed by atoms with Gasteiger partial charge in [-0.15, -0.1) is 0 Å². The summed E-state index contributed by atoms with van der Waals surface area (Å²) in [4.78, 5) is 4.56. The third kappa shape index (κ3) is 3.01. The van der Waals surface area contributed by atoms with Gasteiger partial charge in [-0.05, 0) is 42.8 Å². The van der Waals surface area contributed by atoms with Crippen LogP contribution in [0.3, 0.4) is 0 Å². The Labute approximate surface area is 123 Å². The zero-order chi connectivity index (χ0) is 13.9. The van der Waals surface area contributed by atoms with Crippen LogP contribution in [0.1, 0.15) is 17.3 Å². The van der Waals surface area contributed by atoms with Crippen LogP contribution in [0, 0.1) is 6.92 Å². The molecule has 0 saturated carbocycles. The fourth-order valence-electron chi connectivity index (χ4n) is 2.44. The maximum absolute atomic E-state index is 6.26. The van der Waals surface area contributed by atoms with Gasteiger partial charge in [0.05, 0.1) is 24.9 Å². The number of hydrogen-bond donors (Lipinski definition) is 1. The topological polar surface area (TPSA) is 34.1 Å². The van der Waals surface area contributed by atoms with Crippen LogP contribution < -0.4 is 5.32 Å². The second-order valence-electron chi connectivity index (χ2n) is 5.02. The van der Waals surface area contributed by atoms with Crippen LogP contribution in [0.25, 0.3) is 11.3 Å². The van der Waals surface area contributed by atoms with Gasteiger partial charge in [-0.2, -0.15) is 0 Å². The van der Waals surface area contributed by atoms with E-state index in [1.54, 1.807) is 0 Å². The highest BCUT2D eigenvalue weighted by molar-refractivity contribution is 6.31. The van der Waals surface area contributed by atoms with Gasteiger partial charge in [0.1, 0.15) is 0 Å². The second-order valence-corrected chi connectivity index (χ2v) is 5.46. The first-order chi connectivity index (χ1) is 9.72. The number of hydrogen-bond acceptors (Lipinski definition) is 3. The molecule has 2 heterocycles. The summed E-state index contributed by atoms with van der Waals surface area (Å²) in [6.07, 6.45) is 0. The van der Waals surface area contributed by atoms with E-state index in [1.807, 2.05) is 37.3 Å². The van der Waals surface area contributed by atoms with E-state index in [-0.39, 0.29) is 6.04 Å². The number of ether oxygens (including phenoxy) is 1. The lowest BCUT2D eigenvalue weighted by Gasteiger charge is -2.24. The Morgan fingerprint density at radius 2 is 2.20 bits per heavy atom. The minimum Gasteiger partial charge on any atom is -0.378 e. The molecule has 1 aliphatic rings. The SMILES string of the molecule is Cc1cccc(-c2cc(Cl)cc(C3COCCN3)c2)n1. The first-order valence-electron chi connectivity index (χ1n) is 6.78. The molecule has 3 nitrogen and oxygen atoms in total. The van der Waals surface area contributed by atoms with E-state index in [2.05, 4.69) is 16.4 Å². The number of nitrogens with one attached hydrogen (secondary N) is 1. The van der Waals surface area contributed by atoms with Crippen LogP contribution in [0.2, 0.25) is 5.02 Å². The van der Waals surface area contributed by atoms with Gasteiger partial charge in [0.15, 0.2) is 0 Å². The third-order valence-electron chi connectivity index (χ3n) is 3.43. The zero-order valence-electron chi connectivity index (χ0n) is 11.4. The molecule has 1 unspecified atom stereocenters. The van der Waals surface area contributed by atoms with Gasteiger partial charge in [0.2, 0.25) is 0 Å². The maximum atomic E-state index is 6.26. The van der Waals surface area contributed by atoms with Crippen molar-refractivity contribution in [1.82, 2.24) is 10.3 Å². The fourth-order valence-corrected chi connectivity index (χ4v) is 2.69. The molecule has 1 aliphatic heterocycles. The smallest absolute Gasteiger partial charge is 0.0705 e. The number of aryl methyl sites for hydroxylation is 1. The molecule has 4 heteroatoms. The van der Waals surface area contributed by atoms with Crippen LogP contribution >= 0.6 is 11.6 Å². The van der Waals surface area contributed by atoms with E-state index in [9.17, 15) is 0 Å². The summed E-state index contributed by atoms with van der Waals surface area (Å²) in [6, 6.07) is 12.3. The number of rotatable bonds is 2. The quantitative estimate of drug-likeness (QED) is 0.920. The summed E-state index contributed by atoms with van der Waals surface area (Å²) in [6.45, 7) is 4.31. The standard InChI is InChI=1S/C16H17ClN2O/c1-11-3-2-4-15(19-11)12-7-13(9-14(17)8-12)16-10-20-6-5-18-16/h2-4,7-9,16,18H,5-6,10H2,1H3. The molecule has 1 atom stereocenters. The van der Waals surface area contributed by atoms with Gasteiger partial charge in [-0.3, -0.25) is 4.98 Å². The molecule has 1 aromatic heterocycles. The van der Waals surface area contributed by atoms with Crippen molar-refractivity contribution in [2.75, 3.05) is 19.8 Å². The number of morpholine rings is 1. The van der Waals surface area contributed by atoms with Crippen molar-refractivity contribution >= 4 is 11.6 Å². The van der Waals surface area contributed by atoms with Gasteiger partial charge in [-0.25, -0.2) is 0 Å². The number of halogens is 1. The molecular formula is C16H17ClN2O. The van der Waals surface area contributed by atoms with E-state index >= 15 is 0 Å². The molecule has 2 aromatic rings. The average Bonchev–Trinajstić information content (AvgIpc) is 2.47. The van der Waals surface area contributed by atoms with E-state index in [4.69, 9.17) is 16.3 Å². The first-order valence-corrected chi connectivity index (χ1v) is 7.16. The van der Waals surface area contributed by atoms with E-state index in [1.165, 1.54) is 0 Å². The summed E-state index contributed by atoms with van der Waals surface area (Å²) in [7, 11) is 0. The number of nitrogens with zero attached hydrogens (tertiary/aromatic N) is 1. The summed E-state index contributed by atoms with van der Waals surface area (Å²) >= 11 is 6.26. The zero-order valence-corrected chi connectivity index (χ0v) is 12.2. The maximum Gasteiger partial charge on any atom is 0.0705 e. The number of aromatic nitrogens is 1. The van der Waals surface area contributed by atoms with Crippen molar-refractivity contribution in [3.63, 3.8) is 0 Å². The Morgan fingerprint density at radius 1 is 1.30 bits per heavy atom. The lowest BCUT2D eigenvalue weighted by molar-refractivity contribution is 0.0769. The van der Waals surface area contributed by atoms with E-state index in [0.717, 1.165) is 40.7 Å². The normalized spacial score (nSPS) is 19.0. The molecular weight excluding hydrogens is 272 g/mol. The highest BCUT2D eigenvalue weighted by atomic mass is 35.5. The van der Waals surface area contributed by atoms with Crippen LogP contribution in [0.4, 0.5) is 0 Å². The molecule has 0 bridgehead atoms. The van der Waals surface area contributed by atoms with Crippen molar-refractivity contribution < 1.29 is 4.74 Å². The Bertz CT molecular complexity index is 609. The summed E-state index contributed by atoms with van der Waals surface area (Å²) in [5.74, 6) is 0. The van der Waals surface area contributed by atoms with Crippen LogP contribution in [0.5, 0.6) is 0 Å². The molecule has 1 aromatic carbocycles. The van der Waals surface area contributed by atoms with Gasteiger partial charge in [-0.1, -0.05) is 17.7 Å². The average molecular weight is 289 g/mol. The van der Waals surface area contributed by atoms with Crippen molar-refractivity contribution in [3.8, 4) is 11.3 Å². The minimum absolute atomic E-state index is 0.200. The molecule has 1 fully saturated rings. The monoisotopic (exact) mass is 288 g/mol. The Balaban J connectivity index is 1.97. The predicted octanol–water partition coefficient (Wildman–Crippen LogP) is 3.37. The molecule has 1 N–H and O–H groups in total. The Morgan fingerprint density at radius 3 is 2.95 bits per heavy atom. The lowest BCUT2D eigenvalue weighted by atomic mass is 10.0. The summed E-state index contributed by atoms with van der Waals surface area (Å²) in [5, 5.41) is 4.18. The van der Waals surface area contributed by atoms with Crippen molar-refractivity contribution in [2.45, 2.75) is 13.0 Å². The van der Waals surface area contributed by atoms with Crippen molar-refractivity contribution in [3.05, 3.63) is 52.7 Å². The lowest BCUT2D eigenvalue weighted by Crippen LogP contribution is -2.34. The molecule has 3 rings (SSSR count). The van der Waals surface area contributed by atoms with Crippen LogP contribution in [-0.2, 0) is 4.74 Å². The van der Waals surface area contributed by atoms with Crippen LogP contribution in [-0.4, -0.2) is 24.7 Å². The molecule has 20 heavy (non-hydrogen) atoms. The van der Waals surface area contributed by atoms with Gasteiger partial charge < -0.3 is 10.1 Å². The highest BCUT2D eigenvalue weighted by Gasteiger charge is 2.16. The van der Waals surface area contributed by atoms with Crippen molar-refractivity contribution in [2.24, 2.45) is 0 Å². The second kappa shape index (κ2) is 5.92. The molecule has 1 saturated heterocycles. The van der Waals surface area contributed by atoms with Gasteiger partial charge in [0.25, 0.3) is 0 Å². The largest absolute Gasteiger partial charge is 0.378 e.